The lowest BCUT2D eigenvalue weighted by molar-refractivity contribution is -0.138. The smallest absolute Gasteiger partial charge is 0.338 e. The van der Waals surface area contributed by atoms with E-state index in [9.17, 15) is 9.18 Å². The summed E-state index contributed by atoms with van der Waals surface area (Å²) in [6.45, 7) is 7.81. The Labute approximate surface area is 214 Å². The lowest BCUT2D eigenvalue weighted by atomic mass is 9.96. The van der Waals surface area contributed by atoms with Gasteiger partial charge >= 0.3 is 5.97 Å². The standard InChI is InChI=1S/C27H29FN4O3S/c1-4-6-16-36-27-30-26-29-18(3)23(25(33)34-15-5-2)24(32(26)31-27)19-11-13-21(14-12-19)35-17-20-9-7-8-10-22(20)28/h5,7-14,24H,2,4,6,15-17H2,1,3H3,(H,29,30,31). The minimum Gasteiger partial charge on any atom is -0.489 e. The highest BCUT2D eigenvalue weighted by atomic mass is 32.2. The summed E-state index contributed by atoms with van der Waals surface area (Å²) in [5.41, 5.74) is 2.39. The second-order valence-corrected chi connectivity index (χ2v) is 9.33. The number of anilines is 1. The number of carbonyl (C=O) groups is 1. The summed E-state index contributed by atoms with van der Waals surface area (Å²) < 4.78 is 26.8. The van der Waals surface area contributed by atoms with Crippen LogP contribution in [0, 0.1) is 5.82 Å². The van der Waals surface area contributed by atoms with Crippen molar-refractivity contribution in [1.82, 2.24) is 14.8 Å². The first-order chi connectivity index (χ1) is 17.5. The molecule has 0 radical (unpaired) electrons. The van der Waals surface area contributed by atoms with Crippen LogP contribution in [-0.2, 0) is 16.1 Å². The summed E-state index contributed by atoms with van der Waals surface area (Å²) in [6.07, 6.45) is 3.69. The van der Waals surface area contributed by atoms with Gasteiger partial charge in [0.15, 0.2) is 0 Å². The molecule has 1 N–H and O–H groups in total. The average molecular weight is 509 g/mol. The Morgan fingerprint density at radius 1 is 1.25 bits per heavy atom. The third-order valence-corrected chi connectivity index (χ3v) is 6.59. The van der Waals surface area contributed by atoms with Gasteiger partial charge in [-0.2, -0.15) is 4.98 Å². The summed E-state index contributed by atoms with van der Waals surface area (Å²) in [7, 11) is 0. The monoisotopic (exact) mass is 508 g/mol. The van der Waals surface area contributed by atoms with Crippen molar-refractivity contribution in [1.29, 1.82) is 0 Å². The Kier molecular flexibility index (Phi) is 8.43. The van der Waals surface area contributed by atoms with Gasteiger partial charge in [-0.3, -0.25) is 0 Å². The van der Waals surface area contributed by atoms with Crippen LogP contribution >= 0.6 is 11.8 Å². The maximum Gasteiger partial charge on any atom is 0.338 e. The van der Waals surface area contributed by atoms with Crippen LogP contribution < -0.4 is 10.1 Å². The molecule has 1 unspecified atom stereocenters. The van der Waals surface area contributed by atoms with E-state index in [0.29, 0.717) is 33.7 Å². The molecule has 0 amide bonds. The third-order valence-electron chi connectivity index (χ3n) is 5.66. The van der Waals surface area contributed by atoms with Gasteiger partial charge < -0.3 is 14.8 Å². The van der Waals surface area contributed by atoms with E-state index in [1.165, 1.54) is 12.1 Å². The van der Waals surface area contributed by atoms with Crippen molar-refractivity contribution in [2.45, 2.75) is 44.5 Å². The molecule has 36 heavy (non-hydrogen) atoms. The highest BCUT2D eigenvalue weighted by Gasteiger charge is 2.35. The highest BCUT2D eigenvalue weighted by molar-refractivity contribution is 7.99. The van der Waals surface area contributed by atoms with E-state index in [-0.39, 0.29) is 19.0 Å². The minimum atomic E-state index is -0.535. The lowest BCUT2D eigenvalue weighted by Gasteiger charge is -2.28. The molecule has 0 fully saturated rings. The van der Waals surface area contributed by atoms with Crippen molar-refractivity contribution in [3.8, 4) is 5.75 Å². The number of thioether (sulfide) groups is 1. The summed E-state index contributed by atoms with van der Waals surface area (Å²) >= 11 is 1.59. The van der Waals surface area contributed by atoms with Crippen molar-refractivity contribution in [3.63, 3.8) is 0 Å². The van der Waals surface area contributed by atoms with E-state index in [4.69, 9.17) is 14.6 Å². The molecule has 0 spiro atoms. The first-order valence-electron chi connectivity index (χ1n) is 11.8. The Morgan fingerprint density at radius 2 is 2.03 bits per heavy atom. The molecule has 1 atom stereocenters. The zero-order valence-corrected chi connectivity index (χ0v) is 21.2. The van der Waals surface area contributed by atoms with Crippen LogP contribution in [0.2, 0.25) is 0 Å². The largest absolute Gasteiger partial charge is 0.489 e. The predicted octanol–water partition coefficient (Wildman–Crippen LogP) is 5.91. The van der Waals surface area contributed by atoms with Crippen LogP contribution in [0.25, 0.3) is 0 Å². The molecule has 0 aliphatic carbocycles. The van der Waals surface area contributed by atoms with Crippen molar-refractivity contribution in [2.75, 3.05) is 17.7 Å². The Hall–Kier alpha value is -3.59. The number of esters is 1. The van der Waals surface area contributed by atoms with Crippen molar-refractivity contribution in [2.24, 2.45) is 0 Å². The van der Waals surface area contributed by atoms with Gasteiger partial charge in [-0.15, -0.1) is 5.10 Å². The third kappa shape index (κ3) is 5.79. The fraction of sp³-hybridized carbons (Fsp3) is 0.296. The minimum absolute atomic E-state index is 0.105. The Morgan fingerprint density at radius 3 is 2.75 bits per heavy atom. The number of aromatic nitrogens is 3. The summed E-state index contributed by atoms with van der Waals surface area (Å²) in [6, 6.07) is 13.3. The number of hydrogen-bond donors (Lipinski definition) is 1. The molecule has 3 aromatic rings. The molecule has 0 saturated carbocycles. The van der Waals surface area contributed by atoms with E-state index < -0.39 is 12.0 Å². The van der Waals surface area contributed by atoms with E-state index in [1.807, 2.05) is 19.1 Å². The highest BCUT2D eigenvalue weighted by Crippen LogP contribution is 2.37. The van der Waals surface area contributed by atoms with Gasteiger partial charge in [0.1, 0.15) is 30.8 Å². The maximum absolute atomic E-state index is 13.9. The number of nitrogens with one attached hydrogen (secondary N) is 1. The quantitative estimate of drug-likeness (QED) is 0.149. The van der Waals surface area contributed by atoms with Gasteiger partial charge in [-0.25, -0.2) is 13.9 Å². The van der Waals surface area contributed by atoms with Crippen molar-refractivity contribution >= 4 is 23.7 Å². The Balaban J connectivity index is 1.62. The van der Waals surface area contributed by atoms with Gasteiger partial charge in [-0.05, 0) is 37.1 Å². The number of hydrogen-bond acceptors (Lipinski definition) is 7. The number of unbranched alkanes of at least 4 members (excludes halogenated alkanes) is 1. The van der Waals surface area contributed by atoms with E-state index in [0.717, 1.165) is 24.2 Å². The summed E-state index contributed by atoms with van der Waals surface area (Å²) in [4.78, 5) is 17.7. The zero-order valence-electron chi connectivity index (χ0n) is 20.4. The van der Waals surface area contributed by atoms with Gasteiger partial charge in [0.25, 0.3) is 0 Å². The van der Waals surface area contributed by atoms with Gasteiger partial charge in [0, 0.05) is 17.0 Å². The number of benzene rings is 2. The van der Waals surface area contributed by atoms with Crippen LogP contribution in [0.4, 0.5) is 10.3 Å². The van der Waals surface area contributed by atoms with Crippen LogP contribution in [-0.4, -0.2) is 33.1 Å². The van der Waals surface area contributed by atoms with E-state index in [1.54, 1.807) is 46.8 Å². The van der Waals surface area contributed by atoms with Crippen LogP contribution in [0.5, 0.6) is 5.75 Å². The number of carbonyl (C=O) groups excluding carboxylic acids is 1. The SMILES string of the molecule is C=CCOC(=O)C1=C(C)Nc2nc(SCCCC)nn2C1c1ccc(OCc2ccccc2F)cc1. The first-order valence-corrected chi connectivity index (χ1v) is 12.8. The second kappa shape index (κ2) is 11.9. The van der Waals surface area contributed by atoms with E-state index in [2.05, 4.69) is 23.8 Å². The van der Waals surface area contributed by atoms with Gasteiger partial charge in [-0.1, -0.05) is 68.1 Å². The number of fused-ring (bicyclic) bond motifs is 1. The number of allylic oxidation sites excluding steroid dienone is 1. The Bertz CT molecular complexity index is 1260. The predicted molar refractivity (Wildman–Crippen MR) is 138 cm³/mol. The molecule has 1 aliphatic rings. The first kappa shape index (κ1) is 25.5. The van der Waals surface area contributed by atoms with E-state index >= 15 is 0 Å². The average Bonchev–Trinajstić information content (AvgIpc) is 3.28. The second-order valence-electron chi connectivity index (χ2n) is 8.27. The zero-order chi connectivity index (χ0) is 25.5. The molecular weight excluding hydrogens is 479 g/mol. The fourth-order valence-corrected chi connectivity index (χ4v) is 4.72. The van der Waals surface area contributed by atoms with Gasteiger partial charge in [0.2, 0.25) is 11.1 Å². The molecule has 7 nitrogen and oxygen atoms in total. The normalized spacial score (nSPS) is 14.7. The fourth-order valence-electron chi connectivity index (χ4n) is 3.81. The topological polar surface area (TPSA) is 78.3 Å². The van der Waals surface area contributed by atoms with Crippen molar-refractivity contribution in [3.05, 3.63) is 89.4 Å². The number of ether oxygens (including phenoxy) is 2. The molecule has 0 bridgehead atoms. The molecule has 1 aliphatic heterocycles. The number of nitrogens with zero attached hydrogens (tertiary/aromatic N) is 3. The number of halogens is 1. The number of rotatable bonds is 11. The van der Waals surface area contributed by atoms with Crippen molar-refractivity contribution < 1.29 is 18.7 Å². The van der Waals surface area contributed by atoms with Crippen LogP contribution in [0.15, 0.2) is 77.6 Å². The summed E-state index contributed by atoms with van der Waals surface area (Å²) in [5, 5.41) is 8.56. The van der Waals surface area contributed by atoms with Gasteiger partial charge in [0.05, 0.1) is 5.57 Å². The molecule has 188 valence electrons. The maximum atomic E-state index is 13.9. The van der Waals surface area contributed by atoms with Crippen LogP contribution in [0.3, 0.4) is 0 Å². The van der Waals surface area contributed by atoms with Crippen LogP contribution in [0.1, 0.15) is 43.9 Å². The molecule has 2 aromatic carbocycles. The summed E-state index contributed by atoms with van der Waals surface area (Å²) in [5.74, 6) is 1.31. The molecule has 9 heteroatoms. The molecule has 2 heterocycles. The molecular formula is C27H29FN4O3S. The molecule has 0 saturated heterocycles. The molecule has 1 aromatic heterocycles. The molecule has 4 rings (SSSR count). The lowest BCUT2D eigenvalue weighted by Crippen LogP contribution is -2.29.